The molecule has 3 nitrogen and oxygen atoms in total. The van der Waals surface area contributed by atoms with Gasteiger partial charge in [-0.2, -0.15) is 0 Å². The van der Waals surface area contributed by atoms with Crippen molar-refractivity contribution < 1.29 is 14.6 Å². The average molecular weight is 143 g/mol. The first kappa shape index (κ1) is 7.11. The van der Waals surface area contributed by atoms with Gasteiger partial charge in [0.25, 0.3) is 0 Å². The molecule has 1 rings (SSSR count). The number of nitrogens with zero attached hydrogens (tertiary/aromatic N) is 1. The third kappa shape index (κ3) is 1.29. The van der Waals surface area contributed by atoms with E-state index in [0.29, 0.717) is 0 Å². The van der Waals surface area contributed by atoms with Crippen LogP contribution in [0, 0.1) is 5.82 Å². The highest BCUT2D eigenvalue weighted by atomic mass is 19.1. The van der Waals surface area contributed by atoms with Gasteiger partial charge in [-0.15, -0.1) is 0 Å². The van der Waals surface area contributed by atoms with E-state index in [1.807, 2.05) is 0 Å². The summed E-state index contributed by atoms with van der Waals surface area (Å²) in [6.45, 7) is 0. The first-order chi connectivity index (χ1) is 4.72. The van der Waals surface area contributed by atoms with Crippen molar-refractivity contribution in [2.45, 2.75) is 6.29 Å². The van der Waals surface area contributed by atoms with Crippen molar-refractivity contribution in [1.82, 2.24) is 4.98 Å². The lowest BCUT2D eigenvalue weighted by Gasteiger charge is -2.01. The molecule has 54 valence electrons. The predicted octanol–water partition coefficient (Wildman–Crippen LogP) is 0.204. The Morgan fingerprint density at radius 2 is 2.20 bits per heavy atom. The van der Waals surface area contributed by atoms with Crippen LogP contribution in [0.3, 0.4) is 0 Å². The fourth-order valence-electron chi connectivity index (χ4n) is 0.588. The van der Waals surface area contributed by atoms with Crippen molar-refractivity contribution in [2.24, 2.45) is 0 Å². The molecule has 0 amide bonds. The lowest BCUT2D eigenvalue weighted by Crippen LogP contribution is -2.01. The van der Waals surface area contributed by atoms with Gasteiger partial charge in [0.15, 0.2) is 6.29 Å². The molecular weight excluding hydrogens is 137 g/mol. The third-order valence-corrected chi connectivity index (χ3v) is 1.03. The summed E-state index contributed by atoms with van der Waals surface area (Å²) in [5.41, 5.74) is -0.345. The second-order valence-electron chi connectivity index (χ2n) is 1.74. The smallest absolute Gasteiger partial charge is 0.199 e. The molecule has 2 N–H and O–H groups in total. The highest BCUT2D eigenvalue weighted by Crippen LogP contribution is 2.09. The summed E-state index contributed by atoms with van der Waals surface area (Å²) in [5, 5.41) is 16.9. The Balaban J connectivity index is 3.03. The molecule has 0 atom stereocenters. The fraction of sp³-hybridized carbons (Fsp3) is 0.167. The fourth-order valence-corrected chi connectivity index (χ4v) is 0.588. The Bertz CT molecular complexity index is 227. The van der Waals surface area contributed by atoms with Gasteiger partial charge in [-0.3, -0.25) is 4.98 Å². The summed E-state index contributed by atoms with van der Waals surface area (Å²) >= 11 is 0. The molecule has 0 aromatic carbocycles. The van der Waals surface area contributed by atoms with Gasteiger partial charge in [0.2, 0.25) is 0 Å². The van der Waals surface area contributed by atoms with E-state index in [1.54, 1.807) is 0 Å². The molecule has 0 spiro atoms. The Labute approximate surface area is 56.8 Å². The number of aliphatic hydroxyl groups is 2. The van der Waals surface area contributed by atoms with Gasteiger partial charge in [-0.05, 0) is 12.1 Å². The van der Waals surface area contributed by atoms with Crippen molar-refractivity contribution in [2.75, 3.05) is 0 Å². The molecule has 0 fully saturated rings. The van der Waals surface area contributed by atoms with Gasteiger partial charge in [0.1, 0.15) is 11.5 Å². The standard InChI is InChI=1S/C6H6FNO2/c7-4-2-1-3-8-5(4)6(9)10/h1-3,6,9-10H. The topological polar surface area (TPSA) is 53.4 Å². The van der Waals surface area contributed by atoms with E-state index in [9.17, 15) is 4.39 Å². The maximum Gasteiger partial charge on any atom is 0.199 e. The first-order valence-corrected chi connectivity index (χ1v) is 2.68. The Morgan fingerprint density at radius 1 is 1.50 bits per heavy atom. The zero-order valence-electron chi connectivity index (χ0n) is 5.03. The van der Waals surface area contributed by atoms with Gasteiger partial charge in [0.05, 0.1) is 0 Å². The van der Waals surface area contributed by atoms with E-state index < -0.39 is 12.1 Å². The summed E-state index contributed by atoms with van der Waals surface area (Å²) in [6.07, 6.45) is -0.543. The van der Waals surface area contributed by atoms with Crippen molar-refractivity contribution in [1.29, 1.82) is 0 Å². The van der Waals surface area contributed by atoms with E-state index >= 15 is 0 Å². The zero-order valence-corrected chi connectivity index (χ0v) is 5.03. The minimum atomic E-state index is -1.83. The highest BCUT2D eigenvalue weighted by molar-refractivity contribution is 5.07. The Hall–Kier alpha value is -1.00. The summed E-state index contributed by atoms with van der Waals surface area (Å²) in [4.78, 5) is 3.40. The van der Waals surface area contributed by atoms with Crippen LogP contribution in [0.5, 0.6) is 0 Å². The van der Waals surface area contributed by atoms with E-state index in [4.69, 9.17) is 10.2 Å². The van der Waals surface area contributed by atoms with E-state index in [-0.39, 0.29) is 5.69 Å². The molecule has 0 bridgehead atoms. The Kier molecular flexibility index (Phi) is 1.94. The van der Waals surface area contributed by atoms with Crippen molar-refractivity contribution in [3.63, 3.8) is 0 Å². The zero-order chi connectivity index (χ0) is 7.56. The number of rotatable bonds is 1. The SMILES string of the molecule is OC(O)c1ncccc1F. The minimum absolute atomic E-state index is 0.345. The molecule has 1 heterocycles. The van der Waals surface area contributed by atoms with Crippen LogP contribution in [0.25, 0.3) is 0 Å². The number of aliphatic hydroxyl groups excluding tert-OH is 1. The van der Waals surface area contributed by atoms with Crippen LogP contribution in [-0.2, 0) is 0 Å². The van der Waals surface area contributed by atoms with Crippen molar-refractivity contribution >= 4 is 0 Å². The summed E-state index contributed by atoms with van der Waals surface area (Å²) in [6, 6.07) is 2.49. The van der Waals surface area contributed by atoms with Crippen LogP contribution in [-0.4, -0.2) is 15.2 Å². The maximum absolute atomic E-state index is 12.5. The quantitative estimate of drug-likeness (QED) is 0.552. The molecule has 0 aliphatic carbocycles. The number of hydrogen-bond acceptors (Lipinski definition) is 3. The van der Waals surface area contributed by atoms with Crippen LogP contribution in [0.15, 0.2) is 18.3 Å². The van der Waals surface area contributed by atoms with Crippen LogP contribution >= 0.6 is 0 Å². The summed E-state index contributed by atoms with van der Waals surface area (Å²) in [7, 11) is 0. The second-order valence-corrected chi connectivity index (χ2v) is 1.74. The molecule has 0 aliphatic rings. The molecule has 0 radical (unpaired) electrons. The average Bonchev–Trinajstić information content (AvgIpc) is 1.88. The van der Waals surface area contributed by atoms with Crippen molar-refractivity contribution in [3.8, 4) is 0 Å². The minimum Gasteiger partial charge on any atom is -0.363 e. The van der Waals surface area contributed by atoms with Crippen LogP contribution < -0.4 is 0 Å². The summed E-state index contributed by atoms with van der Waals surface area (Å²) in [5.74, 6) is -0.711. The number of pyridine rings is 1. The monoisotopic (exact) mass is 143 g/mol. The van der Waals surface area contributed by atoms with Gasteiger partial charge in [-0.1, -0.05) is 0 Å². The normalized spacial score (nSPS) is 10.4. The molecule has 0 unspecified atom stereocenters. The highest BCUT2D eigenvalue weighted by Gasteiger charge is 2.08. The molecule has 10 heavy (non-hydrogen) atoms. The maximum atomic E-state index is 12.5. The second kappa shape index (κ2) is 2.72. The lowest BCUT2D eigenvalue weighted by molar-refractivity contribution is -0.0484. The number of hydrogen-bond donors (Lipinski definition) is 2. The van der Waals surface area contributed by atoms with E-state index in [0.717, 1.165) is 6.07 Å². The molecular formula is C6H6FNO2. The van der Waals surface area contributed by atoms with Crippen LogP contribution in [0.4, 0.5) is 4.39 Å². The van der Waals surface area contributed by atoms with E-state index in [2.05, 4.69) is 4.98 Å². The number of aromatic nitrogens is 1. The van der Waals surface area contributed by atoms with Gasteiger partial charge in [0, 0.05) is 6.20 Å². The number of halogens is 1. The molecule has 1 aromatic rings. The van der Waals surface area contributed by atoms with Crippen molar-refractivity contribution in [3.05, 3.63) is 29.8 Å². The summed E-state index contributed by atoms with van der Waals surface area (Å²) < 4.78 is 12.5. The predicted molar refractivity (Wildman–Crippen MR) is 31.4 cm³/mol. The van der Waals surface area contributed by atoms with Gasteiger partial charge >= 0.3 is 0 Å². The molecule has 0 saturated heterocycles. The van der Waals surface area contributed by atoms with Gasteiger partial charge in [-0.25, -0.2) is 4.39 Å². The Morgan fingerprint density at radius 3 is 2.60 bits per heavy atom. The molecule has 4 heteroatoms. The molecule has 1 aromatic heterocycles. The van der Waals surface area contributed by atoms with Gasteiger partial charge < -0.3 is 10.2 Å². The molecule has 0 aliphatic heterocycles. The third-order valence-electron chi connectivity index (χ3n) is 1.03. The lowest BCUT2D eigenvalue weighted by atomic mass is 10.3. The van der Waals surface area contributed by atoms with Crippen LogP contribution in [0.1, 0.15) is 12.0 Å². The largest absolute Gasteiger partial charge is 0.363 e. The molecule has 0 saturated carbocycles. The first-order valence-electron chi connectivity index (χ1n) is 2.68. The van der Waals surface area contributed by atoms with E-state index in [1.165, 1.54) is 12.3 Å². The van der Waals surface area contributed by atoms with Crippen LogP contribution in [0.2, 0.25) is 0 Å².